The Balaban J connectivity index is 2.11. The molecule has 0 aliphatic heterocycles. The molecule has 2 rings (SSSR count). The summed E-state index contributed by atoms with van der Waals surface area (Å²) < 4.78 is 10.4. The molecule has 3 N–H and O–H groups in total. The zero-order valence-corrected chi connectivity index (χ0v) is 15.6. The van der Waals surface area contributed by atoms with Crippen LogP contribution in [-0.4, -0.2) is 31.0 Å². The molecule has 1 aromatic carbocycles. The lowest BCUT2D eigenvalue weighted by Gasteiger charge is -2.10. The van der Waals surface area contributed by atoms with Crippen molar-refractivity contribution in [2.75, 3.05) is 18.5 Å². The van der Waals surface area contributed by atoms with E-state index in [0.29, 0.717) is 10.6 Å². The maximum Gasteiger partial charge on any atom is 0.341 e. The first-order valence-corrected chi connectivity index (χ1v) is 8.75. The van der Waals surface area contributed by atoms with Gasteiger partial charge in [0.1, 0.15) is 10.8 Å². The molecular formula is C18H20N2O5S. The van der Waals surface area contributed by atoms with Crippen LogP contribution in [0.5, 0.6) is 5.75 Å². The Morgan fingerprint density at radius 2 is 1.88 bits per heavy atom. The molecule has 0 bridgehead atoms. The zero-order chi connectivity index (χ0) is 19.3. The van der Waals surface area contributed by atoms with Crippen LogP contribution in [0.3, 0.4) is 0 Å². The Kier molecular flexibility index (Phi) is 6.35. The molecule has 26 heavy (non-hydrogen) atoms. The highest BCUT2D eigenvalue weighted by Crippen LogP contribution is 2.33. The van der Waals surface area contributed by atoms with Crippen LogP contribution in [0.25, 0.3) is 0 Å². The summed E-state index contributed by atoms with van der Waals surface area (Å²) in [7, 11) is 0. The van der Waals surface area contributed by atoms with Gasteiger partial charge in [-0.05, 0) is 38.5 Å². The Morgan fingerprint density at radius 3 is 2.54 bits per heavy atom. The van der Waals surface area contributed by atoms with Crippen molar-refractivity contribution in [1.29, 1.82) is 0 Å². The van der Waals surface area contributed by atoms with Crippen LogP contribution < -0.4 is 15.8 Å². The van der Waals surface area contributed by atoms with E-state index >= 15 is 0 Å². The Hall–Kier alpha value is -2.87. The third-order valence-corrected chi connectivity index (χ3v) is 4.75. The highest BCUT2D eigenvalue weighted by Gasteiger charge is 2.22. The fraction of sp³-hybridized carbons (Fsp3) is 0.278. The minimum atomic E-state index is -0.643. The topological polar surface area (TPSA) is 108 Å². The van der Waals surface area contributed by atoms with Crippen LogP contribution in [0, 0.1) is 13.8 Å². The molecule has 2 amide bonds. The number of thiophene rings is 1. The molecule has 0 aliphatic carbocycles. The fourth-order valence-electron chi connectivity index (χ4n) is 2.27. The number of benzene rings is 1. The van der Waals surface area contributed by atoms with Crippen LogP contribution in [0.1, 0.15) is 38.1 Å². The SMILES string of the molecule is CCOC(=O)c1c(NC(=O)COc2ccccc2C(N)=O)sc(C)c1C. The van der Waals surface area contributed by atoms with Crippen LogP contribution in [0.15, 0.2) is 24.3 Å². The molecule has 1 heterocycles. The lowest BCUT2D eigenvalue weighted by Crippen LogP contribution is -2.22. The summed E-state index contributed by atoms with van der Waals surface area (Å²) in [4.78, 5) is 36.6. The fourth-order valence-corrected chi connectivity index (χ4v) is 3.33. The number of hydrogen-bond donors (Lipinski definition) is 2. The van der Waals surface area contributed by atoms with E-state index < -0.39 is 17.8 Å². The quantitative estimate of drug-likeness (QED) is 0.722. The highest BCUT2D eigenvalue weighted by molar-refractivity contribution is 7.16. The van der Waals surface area contributed by atoms with Crippen LogP contribution in [-0.2, 0) is 9.53 Å². The average Bonchev–Trinajstić information content (AvgIpc) is 2.87. The van der Waals surface area contributed by atoms with Crippen molar-refractivity contribution in [3.8, 4) is 5.75 Å². The Bertz CT molecular complexity index is 844. The van der Waals surface area contributed by atoms with Gasteiger partial charge in [-0.2, -0.15) is 0 Å². The van der Waals surface area contributed by atoms with Gasteiger partial charge in [0, 0.05) is 4.88 Å². The van der Waals surface area contributed by atoms with Gasteiger partial charge in [0.05, 0.1) is 17.7 Å². The number of nitrogens with two attached hydrogens (primary N) is 1. The summed E-state index contributed by atoms with van der Waals surface area (Å²) in [5.41, 5.74) is 6.58. The smallest absolute Gasteiger partial charge is 0.341 e. The Labute approximate surface area is 155 Å². The van der Waals surface area contributed by atoms with Gasteiger partial charge in [0.15, 0.2) is 6.61 Å². The van der Waals surface area contributed by atoms with E-state index in [9.17, 15) is 14.4 Å². The number of anilines is 1. The summed E-state index contributed by atoms with van der Waals surface area (Å²) in [6.07, 6.45) is 0. The van der Waals surface area contributed by atoms with Crippen molar-refractivity contribution >= 4 is 34.1 Å². The number of rotatable bonds is 7. The van der Waals surface area contributed by atoms with E-state index in [0.717, 1.165) is 10.4 Å². The third-order valence-electron chi connectivity index (χ3n) is 3.63. The van der Waals surface area contributed by atoms with Crippen LogP contribution >= 0.6 is 11.3 Å². The largest absolute Gasteiger partial charge is 0.483 e. The van der Waals surface area contributed by atoms with Gasteiger partial charge in [-0.1, -0.05) is 12.1 Å². The third kappa shape index (κ3) is 4.40. The second-order valence-corrected chi connectivity index (χ2v) is 6.63. The number of hydrogen-bond acceptors (Lipinski definition) is 6. The lowest BCUT2D eigenvalue weighted by molar-refractivity contribution is -0.118. The number of carbonyl (C=O) groups excluding carboxylic acids is 3. The predicted molar refractivity (Wildman–Crippen MR) is 98.8 cm³/mol. The normalized spacial score (nSPS) is 10.3. The molecule has 0 radical (unpaired) electrons. The van der Waals surface area contributed by atoms with Crippen molar-refractivity contribution in [3.05, 3.63) is 45.8 Å². The number of esters is 1. The van der Waals surface area contributed by atoms with Crippen molar-refractivity contribution in [2.24, 2.45) is 5.73 Å². The summed E-state index contributed by atoms with van der Waals surface area (Å²) in [6, 6.07) is 6.39. The van der Waals surface area contributed by atoms with Gasteiger partial charge in [0.2, 0.25) is 0 Å². The Morgan fingerprint density at radius 1 is 1.19 bits per heavy atom. The molecule has 0 fully saturated rings. The maximum absolute atomic E-state index is 12.2. The summed E-state index contributed by atoms with van der Waals surface area (Å²) in [5.74, 6) is -1.37. The van der Waals surface area contributed by atoms with E-state index in [1.54, 1.807) is 32.0 Å². The maximum atomic E-state index is 12.2. The van der Waals surface area contributed by atoms with E-state index in [-0.39, 0.29) is 24.5 Å². The van der Waals surface area contributed by atoms with Crippen molar-refractivity contribution in [2.45, 2.75) is 20.8 Å². The molecule has 8 heteroatoms. The van der Waals surface area contributed by atoms with Crippen LogP contribution in [0.4, 0.5) is 5.00 Å². The number of amides is 2. The highest BCUT2D eigenvalue weighted by atomic mass is 32.1. The molecule has 0 spiro atoms. The van der Waals surface area contributed by atoms with Gasteiger partial charge in [-0.15, -0.1) is 11.3 Å². The number of para-hydroxylation sites is 1. The molecule has 0 atom stereocenters. The second-order valence-electron chi connectivity index (χ2n) is 5.41. The van der Waals surface area contributed by atoms with Crippen molar-refractivity contribution < 1.29 is 23.9 Å². The molecule has 0 saturated carbocycles. The zero-order valence-electron chi connectivity index (χ0n) is 14.8. The van der Waals surface area contributed by atoms with Gasteiger partial charge in [-0.3, -0.25) is 9.59 Å². The van der Waals surface area contributed by atoms with E-state index in [1.807, 2.05) is 6.92 Å². The molecular weight excluding hydrogens is 356 g/mol. The second kappa shape index (κ2) is 8.48. The summed E-state index contributed by atoms with van der Waals surface area (Å²) in [6.45, 7) is 5.29. The molecule has 2 aromatic rings. The van der Waals surface area contributed by atoms with Gasteiger partial charge < -0.3 is 20.5 Å². The molecule has 138 valence electrons. The number of aryl methyl sites for hydroxylation is 1. The predicted octanol–water partition coefficient (Wildman–Crippen LogP) is 2.66. The first-order valence-electron chi connectivity index (χ1n) is 7.93. The van der Waals surface area contributed by atoms with Crippen molar-refractivity contribution in [3.63, 3.8) is 0 Å². The van der Waals surface area contributed by atoms with Gasteiger partial charge in [-0.25, -0.2) is 4.79 Å². The van der Waals surface area contributed by atoms with Crippen molar-refractivity contribution in [1.82, 2.24) is 0 Å². The average molecular weight is 376 g/mol. The number of carbonyl (C=O) groups is 3. The molecule has 7 nitrogen and oxygen atoms in total. The van der Waals surface area contributed by atoms with E-state index in [1.165, 1.54) is 17.4 Å². The number of ether oxygens (including phenoxy) is 2. The van der Waals surface area contributed by atoms with E-state index in [2.05, 4.69) is 5.32 Å². The molecule has 0 aliphatic rings. The van der Waals surface area contributed by atoms with Gasteiger partial charge in [0.25, 0.3) is 11.8 Å². The summed E-state index contributed by atoms with van der Waals surface area (Å²) in [5, 5.41) is 3.08. The molecule has 0 unspecified atom stereocenters. The number of nitrogens with one attached hydrogen (secondary N) is 1. The van der Waals surface area contributed by atoms with E-state index in [4.69, 9.17) is 15.2 Å². The first kappa shape index (κ1) is 19.5. The lowest BCUT2D eigenvalue weighted by atomic mass is 10.1. The summed E-state index contributed by atoms with van der Waals surface area (Å²) >= 11 is 1.29. The first-order chi connectivity index (χ1) is 12.3. The number of primary amides is 1. The minimum Gasteiger partial charge on any atom is -0.483 e. The minimum absolute atomic E-state index is 0.190. The monoisotopic (exact) mass is 376 g/mol. The van der Waals surface area contributed by atoms with Crippen LogP contribution in [0.2, 0.25) is 0 Å². The molecule has 0 saturated heterocycles. The molecule has 1 aromatic heterocycles. The standard InChI is InChI=1S/C18H20N2O5S/c1-4-24-18(23)15-10(2)11(3)26-17(15)20-14(21)9-25-13-8-6-5-7-12(13)16(19)22/h5-8H,4,9H2,1-3H3,(H2,19,22)(H,20,21). The van der Waals surface area contributed by atoms with Gasteiger partial charge >= 0.3 is 5.97 Å².